The number of aromatic carboxylic acids is 1. The van der Waals surface area contributed by atoms with Gasteiger partial charge in [-0.05, 0) is 38.0 Å². The van der Waals surface area contributed by atoms with E-state index in [0.717, 1.165) is 24.3 Å². The molecule has 0 bridgehead atoms. The fraction of sp³-hybridized carbons (Fsp3) is 0.375. The number of rotatable bonds is 7. The summed E-state index contributed by atoms with van der Waals surface area (Å²) in [6, 6.07) is 6.57. The second kappa shape index (κ2) is 7.22. The molecule has 0 aliphatic heterocycles. The Morgan fingerprint density at radius 1 is 1.43 bits per heavy atom. The summed E-state index contributed by atoms with van der Waals surface area (Å²) in [6.45, 7) is 4.78. The molecule has 0 saturated heterocycles. The highest BCUT2D eigenvalue weighted by Crippen LogP contribution is 2.19. The molecule has 0 atom stereocenters. The van der Waals surface area contributed by atoms with Crippen molar-refractivity contribution in [1.82, 2.24) is 4.98 Å². The molecule has 2 rings (SSSR count). The smallest absolute Gasteiger partial charge is 0.335 e. The fourth-order valence-electron chi connectivity index (χ4n) is 2.05. The summed E-state index contributed by atoms with van der Waals surface area (Å²) in [7, 11) is 0. The maximum atomic E-state index is 10.9. The van der Waals surface area contributed by atoms with Crippen molar-refractivity contribution < 1.29 is 14.6 Å². The first-order chi connectivity index (χ1) is 10.1. The van der Waals surface area contributed by atoms with Gasteiger partial charge in [-0.3, -0.25) is 0 Å². The Hall–Kier alpha value is -1.88. The average molecular weight is 305 g/mol. The first-order valence-corrected chi connectivity index (χ1v) is 7.83. The molecule has 0 radical (unpaired) electrons. The second-order valence-electron chi connectivity index (χ2n) is 4.75. The van der Waals surface area contributed by atoms with Crippen molar-refractivity contribution in [3.05, 3.63) is 45.4 Å². The van der Waals surface area contributed by atoms with Crippen LogP contribution in [0.4, 0.5) is 0 Å². The Kier molecular flexibility index (Phi) is 5.33. The lowest BCUT2D eigenvalue weighted by molar-refractivity contribution is 0.0696. The van der Waals surface area contributed by atoms with Crippen molar-refractivity contribution in [1.29, 1.82) is 0 Å². The Morgan fingerprint density at radius 3 is 2.90 bits per heavy atom. The quantitative estimate of drug-likeness (QED) is 0.792. The van der Waals surface area contributed by atoms with E-state index < -0.39 is 5.97 Å². The number of hydrogen-bond acceptors (Lipinski definition) is 4. The summed E-state index contributed by atoms with van der Waals surface area (Å²) in [5.41, 5.74) is 1.43. The number of ether oxygens (including phenoxy) is 1. The maximum Gasteiger partial charge on any atom is 0.335 e. The zero-order valence-corrected chi connectivity index (χ0v) is 13.1. The third-order valence-electron chi connectivity index (χ3n) is 3.16. The van der Waals surface area contributed by atoms with Crippen molar-refractivity contribution >= 4 is 17.3 Å². The number of nitrogens with zero attached hydrogens (tertiary/aromatic N) is 1. The van der Waals surface area contributed by atoms with Crippen LogP contribution in [0.25, 0.3) is 0 Å². The highest BCUT2D eigenvalue weighted by molar-refractivity contribution is 7.11. The van der Waals surface area contributed by atoms with Gasteiger partial charge in [0.1, 0.15) is 5.75 Å². The molecule has 0 unspecified atom stereocenters. The molecule has 0 saturated carbocycles. The van der Waals surface area contributed by atoms with Gasteiger partial charge in [0.15, 0.2) is 0 Å². The van der Waals surface area contributed by atoms with Gasteiger partial charge in [-0.1, -0.05) is 13.0 Å². The number of carboxylic acid groups (broad SMARTS) is 1. The van der Waals surface area contributed by atoms with Crippen LogP contribution in [0.1, 0.15) is 39.3 Å². The average Bonchev–Trinajstić information content (AvgIpc) is 2.84. The summed E-state index contributed by atoms with van der Waals surface area (Å²) < 4.78 is 5.60. The Morgan fingerprint density at radius 2 is 2.24 bits per heavy atom. The van der Waals surface area contributed by atoms with E-state index >= 15 is 0 Å². The molecule has 1 N–H and O–H groups in total. The van der Waals surface area contributed by atoms with Crippen molar-refractivity contribution in [3.8, 4) is 5.75 Å². The number of aryl methyl sites for hydroxylation is 3. The van der Waals surface area contributed by atoms with E-state index in [0.29, 0.717) is 12.4 Å². The van der Waals surface area contributed by atoms with E-state index in [1.54, 1.807) is 35.6 Å². The van der Waals surface area contributed by atoms with Crippen LogP contribution in [0.15, 0.2) is 24.3 Å². The molecule has 112 valence electrons. The van der Waals surface area contributed by atoms with Crippen molar-refractivity contribution in [3.63, 3.8) is 0 Å². The van der Waals surface area contributed by atoms with Crippen LogP contribution in [-0.2, 0) is 12.8 Å². The molecule has 0 aliphatic rings. The minimum absolute atomic E-state index is 0.246. The molecule has 1 heterocycles. The number of carbonyl (C=O) groups is 1. The van der Waals surface area contributed by atoms with Crippen LogP contribution >= 0.6 is 11.3 Å². The summed E-state index contributed by atoms with van der Waals surface area (Å²) in [5, 5.41) is 10.1. The molecule has 5 heteroatoms. The lowest BCUT2D eigenvalue weighted by Gasteiger charge is -2.06. The molecule has 4 nitrogen and oxygen atoms in total. The van der Waals surface area contributed by atoms with Crippen LogP contribution in [0.5, 0.6) is 5.75 Å². The van der Waals surface area contributed by atoms with E-state index in [1.165, 1.54) is 10.6 Å². The summed E-state index contributed by atoms with van der Waals surface area (Å²) in [4.78, 5) is 16.8. The Bertz CT molecular complexity index is 622. The first kappa shape index (κ1) is 15.5. The first-order valence-electron chi connectivity index (χ1n) is 7.01. The van der Waals surface area contributed by atoms with Crippen LogP contribution in [0.3, 0.4) is 0 Å². The van der Waals surface area contributed by atoms with Gasteiger partial charge >= 0.3 is 5.97 Å². The molecule has 0 aliphatic carbocycles. The van der Waals surface area contributed by atoms with E-state index in [1.807, 2.05) is 0 Å². The Labute approximate surface area is 128 Å². The molecular weight excluding hydrogens is 286 g/mol. The molecular formula is C16H19NO3S. The topological polar surface area (TPSA) is 59.4 Å². The predicted octanol–water partition coefficient (Wildman–Crippen LogP) is 3.72. The van der Waals surface area contributed by atoms with Gasteiger partial charge in [-0.25, -0.2) is 9.78 Å². The lowest BCUT2D eigenvalue weighted by atomic mass is 10.2. The third kappa shape index (κ3) is 4.29. The standard InChI is InChI=1S/C16H19NO3S/c1-3-14-11(2)21-15(17-14)8-5-9-20-13-7-4-6-12(10-13)16(18)19/h4,6-7,10H,3,5,8-9H2,1-2H3,(H,18,19). The van der Waals surface area contributed by atoms with Gasteiger partial charge < -0.3 is 9.84 Å². The van der Waals surface area contributed by atoms with E-state index in [-0.39, 0.29) is 5.56 Å². The zero-order chi connectivity index (χ0) is 15.2. The van der Waals surface area contributed by atoms with Crippen LogP contribution in [0, 0.1) is 6.92 Å². The van der Waals surface area contributed by atoms with E-state index in [2.05, 4.69) is 18.8 Å². The van der Waals surface area contributed by atoms with Gasteiger partial charge in [0.05, 0.1) is 22.9 Å². The maximum absolute atomic E-state index is 10.9. The molecule has 1 aromatic carbocycles. The molecule has 21 heavy (non-hydrogen) atoms. The highest BCUT2D eigenvalue weighted by Gasteiger charge is 2.06. The van der Waals surface area contributed by atoms with Crippen LogP contribution < -0.4 is 4.74 Å². The number of aromatic nitrogens is 1. The molecule has 1 aromatic heterocycles. The SMILES string of the molecule is CCc1nc(CCCOc2cccc(C(=O)O)c2)sc1C. The lowest BCUT2D eigenvalue weighted by Crippen LogP contribution is -2.01. The highest BCUT2D eigenvalue weighted by atomic mass is 32.1. The zero-order valence-electron chi connectivity index (χ0n) is 12.3. The normalized spacial score (nSPS) is 10.6. The fourth-order valence-corrected chi connectivity index (χ4v) is 3.12. The van der Waals surface area contributed by atoms with Crippen molar-refractivity contribution in [2.75, 3.05) is 6.61 Å². The minimum Gasteiger partial charge on any atom is -0.494 e. The second-order valence-corrected chi connectivity index (χ2v) is 6.04. The number of thiazole rings is 1. The minimum atomic E-state index is -0.939. The van der Waals surface area contributed by atoms with Crippen LogP contribution in [0.2, 0.25) is 0 Å². The van der Waals surface area contributed by atoms with Gasteiger partial charge in [0.2, 0.25) is 0 Å². The molecule has 0 spiro atoms. The monoisotopic (exact) mass is 305 g/mol. The number of benzene rings is 1. The summed E-state index contributed by atoms with van der Waals surface area (Å²) in [6.07, 6.45) is 2.73. The summed E-state index contributed by atoms with van der Waals surface area (Å²) in [5.74, 6) is -0.342. The molecule has 0 fully saturated rings. The summed E-state index contributed by atoms with van der Waals surface area (Å²) >= 11 is 1.75. The van der Waals surface area contributed by atoms with Crippen LogP contribution in [-0.4, -0.2) is 22.7 Å². The Balaban J connectivity index is 1.81. The van der Waals surface area contributed by atoms with Gasteiger partial charge in [-0.15, -0.1) is 11.3 Å². The largest absolute Gasteiger partial charge is 0.494 e. The number of carboxylic acids is 1. The van der Waals surface area contributed by atoms with Gasteiger partial charge in [0.25, 0.3) is 0 Å². The number of hydrogen-bond donors (Lipinski definition) is 1. The van der Waals surface area contributed by atoms with Crippen molar-refractivity contribution in [2.45, 2.75) is 33.1 Å². The molecule has 2 aromatic rings. The van der Waals surface area contributed by atoms with E-state index in [4.69, 9.17) is 9.84 Å². The van der Waals surface area contributed by atoms with Gasteiger partial charge in [0, 0.05) is 11.3 Å². The van der Waals surface area contributed by atoms with Crippen molar-refractivity contribution in [2.24, 2.45) is 0 Å². The van der Waals surface area contributed by atoms with Gasteiger partial charge in [-0.2, -0.15) is 0 Å². The predicted molar refractivity (Wildman–Crippen MR) is 83.4 cm³/mol. The van der Waals surface area contributed by atoms with E-state index in [9.17, 15) is 4.79 Å². The molecule has 0 amide bonds. The third-order valence-corrected chi connectivity index (χ3v) is 4.23.